The zero-order valence-electron chi connectivity index (χ0n) is 12.4. The Morgan fingerprint density at radius 2 is 1.96 bits per heavy atom. The summed E-state index contributed by atoms with van der Waals surface area (Å²) in [6.45, 7) is 2.29. The molecular weight excluding hydrogens is 322 g/mol. The van der Waals surface area contributed by atoms with Crippen molar-refractivity contribution >= 4 is 34.3 Å². The Balaban J connectivity index is 2.57. The summed E-state index contributed by atoms with van der Waals surface area (Å²) >= 11 is 5.31. The second-order valence-electron chi connectivity index (χ2n) is 4.83. The summed E-state index contributed by atoms with van der Waals surface area (Å²) < 4.78 is 1.42. The number of benzene rings is 1. The Labute approximate surface area is 136 Å². The van der Waals surface area contributed by atoms with Crippen LogP contribution < -0.4 is 16.4 Å². The molecule has 0 unspecified atom stereocenters. The smallest absolute Gasteiger partial charge is 0.279 e. The maximum Gasteiger partial charge on any atom is 0.279 e. The molecule has 0 aliphatic rings. The number of aromatic hydroxyl groups is 1. The second-order valence-corrected chi connectivity index (χ2v) is 5.10. The van der Waals surface area contributed by atoms with Crippen molar-refractivity contribution in [3.63, 3.8) is 0 Å². The zero-order valence-corrected chi connectivity index (χ0v) is 13.2. The molecule has 0 aliphatic heterocycles. The SMILES string of the molecule is CCCn1c(=O)c(C(=O)NNC(=O)CCl)c(O)c2ccccc21. The van der Waals surface area contributed by atoms with Gasteiger partial charge in [-0.25, -0.2) is 0 Å². The van der Waals surface area contributed by atoms with Gasteiger partial charge >= 0.3 is 0 Å². The minimum atomic E-state index is -0.901. The molecule has 0 saturated carbocycles. The van der Waals surface area contributed by atoms with Crippen molar-refractivity contribution in [1.29, 1.82) is 0 Å². The van der Waals surface area contributed by atoms with E-state index in [0.29, 0.717) is 23.9 Å². The molecule has 7 nitrogen and oxygen atoms in total. The summed E-state index contributed by atoms with van der Waals surface area (Å²) in [6.07, 6.45) is 0.679. The van der Waals surface area contributed by atoms with Gasteiger partial charge in [0.2, 0.25) is 0 Å². The topological polar surface area (TPSA) is 100 Å². The highest BCUT2D eigenvalue weighted by Crippen LogP contribution is 2.26. The summed E-state index contributed by atoms with van der Waals surface area (Å²) in [7, 11) is 0. The van der Waals surface area contributed by atoms with E-state index in [0.717, 1.165) is 0 Å². The largest absolute Gasteiger partial charge is 0.506 e. The standard InChI is InChI=1S/C15H16ClN3O4/c1-2-7-19-10-6-4-3-5-9(10)13(21)12(15(19)23)14(22)18-17-11(20)8-16/h3-6,21H,2,7-8H2,1H3,(H,17,20)(H,18,22). The van der Waals surface area contributed by atoms with E-state index in [4.69, 9.17) is 11.6 Å². The van der Waals surface area contributed by atoms with Gasteiger partial charge in [0.1, 0.15) is 17.2 Å². The number of fused-ring (bicyclic) bond motifs is 1. The van der Waals surface area contributed by atoms with Crippen LogP contribution >= 0.6 is 11.6 Å². The van der Waals surface area contributed by atoms with Crippen molar-refractivity contribution in [2.75, 3.05) is 5.88 Å². The number of carbonyl (C=O) groups excluding carboxylic acids is 2. The number of hydrogen-bond donors (Lipinski definition) is 3. The fraction of sp³-hybridized carbons (Fsp3) is 0.267. The molecule has 23 heavy (non-hydrogen) atoms. The highest BCUT2D eigenvalue weighted by molar-refractivity contribution is 6.27. The predicted octanol–water partition coefficient (Wildman–Crippen LogP) is 1.12. The maximum absolute atomic E-state index is 12.6. The molecule has 0 spiro atoms. The number of aryl methyl sites for hydroxylation is 1. The average Bonchev–Trinajstić information content (AvgIpc) is 2.56. The predicted molar refractivity (Wildman–Crippen MR) is 86.5 cm³/mol. The number of alkyl halides is 1. The van der Waals surface area contributed by atoms with Crippen LogP contribution in [-0.2, 0) is 11.3 Å². The summed E-state index contributed by atoms with van der Waals surface area (Å²) in [6, 6.07) is 6.75. The first-order chi connectivity index (χ1) is 11.0. The fourth-order valence-corrected chi connectivity index (χ4v) is 2.33. The van der Waals surface area contributed by atoms with Crippen molar-refractivity contribution < 1.29 is 14.7 Å². The van der Waals surface area contributed by atoms with E-state index in [1.165, 1.54) is 4.57 Å². The van der Waals surface area contributed by atoms with Gasteiger partial charge in [-0.05, 0) is 18.6 Å². The van der Waals surface area contributed by atoms with Crippen LogP contribution in [0.3, 0.4) is 0 Å². The van der Waals surface area contributed by atoms with E-state index in [1.54, 1.807) is 24.3 Å². The van der Waals surface area contributed by atoms with Crippen LogP contribution in [0.15, 0.2) is 29.1 Å². The third-order valence-corrected chi connectivity index (χ3v) is 3.50. The van der Waals surface area contributed by atoms with Gasteiger partial charge in [-0.1, -0.05) is 19.1 Å². The van der Waals surface area contributed by atoms with Crippen LogP contribution in [0, 0.1) is 0 Å². The fourth-order valence-electron chi connectivity index (χ4n) is 2.26. The molecule has 8 heteroatoms. The van der Waals surface area contributed by atoms with E-state index in [1.807, 2.05) is 6.92 Å². The molecule has 1 aromatic heterocycles. The number of nitrogens with one attached hydrogen (secondary N) is 2. The molecule has 0 atom stereocenters. The van der Waals surface area contributed by atoms with E-state index < -0.39 is 28.7 Å². The summed E-state index contributed by atoms with van der Waals surface area (Å²) in [5.41, 5.74) is 3.62. The molecule has 2 rings (SSSR count). The summed E-state index contributed by atoms with van der Waals surface area (Å²) in [5.74, 6) is -2.30. The number of carbonyl (C=O) groups is 2. The van der Waals surface area contributed by atoms with E-state index in [-0.39, 0.29) is 5.88 Å². The molecular formula is C15H16ClN3O4. The first-order valence-corrected chi connectivity index (χ1v) is 7.54. The first-order valence-electron chi connectivity index (χ1n) is 7.00. The van der Waals surface area contributed by atoms with Crippen LogP contribution in [-0.4, -0.2) is 27.4 Å². The lowest BCUT2D eigenvalue weighted by Crippen LogP contribution is -2.44. The van der Waals surface area contributed by atoms with Gasteiger partial charge in [-0.2, -0.15) is 0 Å². The van der Waals surface area contributed by atoms with Crippen molar-refractivity contribution in [3.8, 4) is 5.75 Å². The monoisotopic (exact) mass is 337 g/mol. The molecule has 0 bridgehead atoms. The summed E-state index contributed by atoms with van der Waals surface area (Å²) in [5, 5.41) is 10.7. The van der Waals surface area contributed by atoms with Crippen LogP contribution in [0.25, 0.3) is 10.9 Å². The van der Waals surface area contributed by atoms with Gasteiger partial charge in [-0.15, -0.1) is 11.6 Å². The highest BCUT2D eigenvalue weighted by atomic mass is 35.5. The third-order valence-electron chi connectivity index (χ3n) is 3.26. The Morgan fingerprint density at radius 3 is 2.61 bits per heavy atom. The van der Waals surface area contributed by atoms with Gasteiger partial charge in [0, 0.05) is 11.9 Å². The normalized spacial score (nSPS) is 10.5. The van der Waals surface area contributed by atoms with E-state index >= 15 is 0 Å². The minimum absolute atomic E-state index is 0.343. The van der Waals surface area contributed by atoms with Gasteiger partial charge < -0.3 is 9.67 Å². The van der Waals surface area contributed by atoms with E-state index in [9.17, 15) is 19.5 Å². The Kier molecular flexibility index (Phi) is 5.23. The molecule has 1 heterocycles. The highest BCUT2D eigenvalue weighted by Gasteiger charge is 2.22. The maximum atomic E-state index is 12.6. The number of pyridine rings is 1. The number of para-hydroxylation sites is 1. The minimum Gasteiger partial charge on any atom is -0.506 e. The van der Waals surface area contributed by atoms with Crippen molar-refractivity contribution in [3.05, 3.63) is 40.2 Å². The Bertz CT molecular complexity index is 816. The number of rotatable bonds is 4. The molecule has 122 valence electrons. The van der Waals surface area contributed by atoms with Crippen molar-refractivity contribution in [2.24, 2.45) is 0 Å². The van der Waals surface area contributed by atoms with Gasteiger partial charge in [-0.3, -0.25) is 25.2 Å². The van der Waals surface area contributed by atoms with Crippen LogP contribution in [0.1, 0.15) is 23.7 Å². The lowest BCUT2D eigenvalue weighted by atomic mass is 10.1. The quantitative estimate of drug-likeness (QED) is 0.575. The van der Waals surface area contributed by atoms with Gasteiger partial charge in [0.15, 0.2) is 0 Å². The third kappa shape index (κ3) is 3.29. The van der Waals surface area contributed by atoms with Gasteiger partial charge in [0.25, 0.3) is 17.4 Å². The molecule has 2 aromatic rings. The Morgan fingerprint density at radius 1 is 1.26 bits per heavy atom. The number of nitrogens with zero attached hydrogens (tertiary/aromatic N) is 1. The molecule has 0 radical (unpaired) electrons. The van der Waals surface area contributed by atoms with Crippen LogP contribution in [0.5, 0.6) is 5.75 Å². The number of aromatic nitrogens is 1. The van der Waals surface area contributed by atoms with Gasteiger partial charge in [0.05, 0.1) is 5.52 Å². The lowest BCUT2D eigenvalue weighted by molar-refractivity contribution is -0.119. The van der Waals surface area contributed by atoms with Crippen molar-refractivity contribution in [2.45, 2.75) is 19.9 Å². The molecule has 2 amide bonds. The second kappa shape index (κ2) is 7.15. The lowest BCUT2D eigenvalue weighted by Gasteiger charge is -2.14. The van der Waals surface area contributed by atoms with Crippen LogP contribution in [0.2, 0.25) is 0 Å². The molecule has 0 fully saturated rings. The number of hydrazine groups is 1. The van der Waals surface area contributed by atoms with Crippen molar-refractivity contribution in [1.82, 2.24) is 15.4 Å². The van der Waals surface area contributed by atoms with E-state index in [2.05, 4.69) is 10.9 Å². The Hall–Kier alpha value is -2.54. The summed E-state index contributed by atoms with van der Waals surface area (Å²) in [4.78, 5) is 35.8. The zero-order chi connectivity index (χ0) is 17.0. The molecule has 0 saturated heterocycles. The molecule has 3 N–H and O–H groups in total. The number of halogens is 1. The molecule has 0 aliphatic carbocycles. The first kappa shape index (κ1) is 16.8. The average molecular weight is 338 g/mol. The molecule has 1 aromatic carbocycles. The van der Waals surface area contributed by atoms with Crippen LogP contribution in [0.4, 0.5) is 0 Å². The number of hydrogen-bond acceptors (Lipinski definition) is 4. The number of amides is 2.